The lowest BCUT2D eigenvalue weighted by Gasteiger charge is -2.36. The van der Waals surface area contributed by atoms with E-state index in [-0.39, 0.29) is 5.54 Å². The number of hydrogen-bond donors (Lipinski definition) is 0. The highest BCUT2D eigenvalue weighted by molar-refractivity contribution is 6.12. The molecule has 0 radical (unpaired) electrons. The summed E-state index contributed by atoms with van der Waals surface area (Å²) in [6, 6.07) is 61.5. The van der Waals surface area contributed by atoms with Crippen molar-refractivity contribution in [3.63, 3.8) is 0 Å². The van der Waals surface area contributed by atoms with Crippen LogP contribution in [0.2, 0.25) is 0 Å². The third-order valence-electron chi connectivity index (χ3n) is 11.4. The maximum absolute atomic E-state index is 6.76. The van der Waals surface area contributed by atoms with Crippen LogP contribution < -0.4 is 0 Å². The normalized spacial score (nSPS) is 15.9. The van der Waals surface area contributed by atoms with E-state index >= 15 is 0 Å². The molecule has 0 saturated heterocycles. The molecule has 1 unspecified atom stereocenters. The molecule has 0 saturated carbocycles. The van der Waals surface area contributed by atoms with Crippen LogP contribution in [0.1, 0.15) is 30.2 Å². The fourth-order valence-electron chi connectivity index (χ4n) is 9.03. The van der Waals surface area contributed by atoms with E-state index in [0.717, 1.165) is 23.3 Å². The largest absolute Gasteiger partial charge is 0.456 e. The molecular weight excluding hydrogens is 633 g/mol. The van der Waals surface area contributed by atoms with E-state index in [1.807, 2.05) is 0 Å². The van der Waals surface area contributed by atoms with Crippen molar-refractivity contribution in [3.05, 3.63) is 193 Å². The molecule has 52 heavy (non-hydrogen) atoms. The van der Waals surface area contributed by atoms with Crippen LogP contribution in [0.4, 0.5) is 0 Å². The standard InChI is InChI=1S/C49H34N2O/c1-49(29-28-36(32-14-4-2-5-15-32)48-47(49)39-20-10-13-23-46(39)52-48)51-44-22-12-9-19-38(44)41-31-34(25-27-45(41)51)33-24-26-43-40(30-33)37-18-8-11-21-42(37)50(43)35-16-6-3-7-17-35/h2-28,30-31H,29H2,1H3. The summed E-state index contributed by atoms with van der Waals surface area (Å²) in [6.45, 7) is 2.39. The lowest BCUT2D eigenvalue weighted by Crippen LogP contribution is -2.33. The van der Waals surface area contributed by atoms with Gasteiger partial charge in [0.1, 0.15) is 11.3 Å². The predicted octanol–water partition coefficient (Wildman–Crippen LogP) is 12.9. The van der Waals surface area contributed by atoms with Gasteiger partial charge in [0.05, 0.1) is 16.6 Å². The van der Waals surface area contributed by atoms with E-state index < -0.39 is 0 Å². The number of furan rings is 1. The number of rotatable bonds is 4. The minimum Gasteiger partial charge on any atom is -0.456 e. The Hall–Kier alpha value is -6.58. The topological polar surface area (TPSA) is 23.0 Å². The Morgan fingerprint density at radius 3 is 1.77 bits per heavy atom. The first-order chi connectivity index (χ1) is 25.7. The number of para-hydroxylation sites is 4. The fraction of sp³-hybridized carbons (Fsp3) is 0.0612. The van der Waals surface area contributed by atoms with E-state index in [4.69, 9.17) is 4.42 Å². The first-order valence-electron chi connectivity index (χ1n) is 18.1. The molecule has 0 aliphatic heterocycles. The van der Waals surface area contributed by atoms with Gasteiger partial charge in [-0.05, 0) is 84.6 Å². The molecule has 0 fully saturated rings. The van der Waals surface area contributed by atoms with Gasteiger partial charge in [-0.1, -0.05) is 121 Å². The second-order valence-electron chi connectivity index (χ2n) is 14.3. The Kier molecular flexibility index (Phi) is 6.15. The van der Waals surface area contributed by atoms with E-state index in [2.05, 4.69) is 192 Å². The summed E-state index contributed by atoms with van der Waals surface area (Å²) in [5, 5.41) is 6.21. The number of allylic oxidation sites excluding steroid dienone is 1. The molecule has 3 heteroatoms. The first kappa shape index (κ1) is 29.2. The van der Waals surface area contributed by atoms with Crippen molar-refractivity contribution in [1.82, 2.24) is 9.13 Å². The Morgan fingerprint density at radius 1 is 0.481 bits per heavy atom. The highest BCUT2D eigenvalue weighted by Gasteiger charge is 2.40. The van der Waals surface area contributed by atoms with Crippen LogP contribution in [-0.2, 0) is 5.54 Å². The van der Waals surface area contributed by atoms with Crippen molar-refractivity contribution in [2.45, 2.75) is 18.9 Å². The van der Waals surface area contributed by atoms with Crippen molar-refractivity contribution < 1.29 is 4.42 Å². The van der Waals surface area contributed by atoms with Crippen LogP contribution >= 0.6 is 0 Å². The van der Waals surface area contributed by atoms with Crippen LogP contribution in [0.25, 0.3) is 77.0 Å². The summed E-state index contributed by atoms with van der Waals surface area (Å²) in [5.41, 5.74) is 12.6. The summed E-state index contributed by atoms with van der Waals surface area (Å²) in [5.74, 6) is 0.965. The molecule has 0 spiro atoms. The monoisotopic (exact) mass is 666 g/mol. The van der Waals surface area contributed by atoms with Crippen molar-refractivity contribution in [2.75, 3.05) is 0 Å². The smallest absolute Gasteiger partial charge is 0.141 e. The van der Waals surface area contributed by atoms with Crippen LogP contribution in [0.3, 0.4) is 0 Å². The van der Waals surface area contributed by atoms with Crippen molar-refractivity contribution in [3.8, 4) is 16.8 Å². The molecule has 3 nitrogen and oxygen atoms in total. The Balaban J connectivity index is 1.12. The zero-order chi connectivity index (χ0) is 34.4. The zero-order valence-electron chi connectivity index (χ0n) is 28.8. The number of fused-ring (bicyclic) bond motifs is 9. The average molecular weight is 667 g/mol. The molecule has 246 valence electrons. The summed E-state index contributed by atoms with van der Waals surface area (Å²) in [7, 11) is 0. The number of hydrogen-bond acceptors (Lipinski definition) is 1. The van der Waals surface area contributed by atoms with Gasteiger partial charge in [-0.25, -0.2) is 0 Å². The van der Waals surface area contributed by atoms with E-state index in [0.29, 0.717) is 0 Å². The molecule has 3 heterocycles. The Bertz CT molecular complexity index is 3050. The second kappa shape index (κ2) is 11.0. The number of benzene rings is 7. The van der Waals surface area contributed by atoms with Crippen molar-refractivity contribution in [2.24, 2.45) is 0 Å². The van der Waals surface area contributed by atoms with Crippen LogP contribution in [0, 0.1) is 0 Å². The minimum absolute atomic E-state index is 0.388. The molecule has 0 bridgehead atoms. The Morgan fingerprint density at radius 2 is 1.02 bits per heavy atom. The van der Waals surface area contributed by atoms with Gasteiger partial charge in [0.15, 0.2) is 0 Å². The molecule has 0 amide bonds. The lowest BCUT2D eigenvalue weighted by molar-refractivity contribution is 0.410. The van der Waals surface area contributed by atoms with Gasteiger partial charge in [-0.3, -0.25) is 0 Å². The predicted molar refractivity (Wildman–Crippen MR) is 216 cm³/mol. The van der Waals surface area contributed by atoms with Gasteiger partial charge >= 0.3 is 0 Å². The quantitative estimate of drug-likeness (QED) is 0.183. The van der Waals surface area contributed by atoms with E-state index in [1.165, 1.54) is 76.9 Å². The van der Waals surface area contributed by atoms with Crippen LogP contribution in [0.5, 0.6) is 0 Å². The molecule has 10 aromatic rings. The number of aromatic nitrogens is 2. The molecule has 7 aromatic carbocycles. The molecule has 11 rings (SSSR count). The fourth-order valence-corrected chi connectivity index (χ4v) is 9.03. The molecular formula is C49H34N2O. The summed E-state index contributed by atoms with van der Waals surface area (Å²) < 4.78 is 11.7. The van der Waals surface area contributed by atoms with Crippen LogP contribution in [-0.4, -0.2) is 9.13 Å². The van der Waals surface area contributed by atoms with Gasteiger partial charge in [0.25, 0.3) is 0 Å². The molecule has 1 aliphatic rings. The van der Waals surface area contributed by atoms with Crippen molar-refractivity contribution in [1.29, 1.82) is 0 Å². The van der Waals surface area contributed by atoms with E-state index in [1.54, 1.807) is 0 Å². The van der Waals surface area contributed by atoms with Gasteiger partial charge in [-0.15, -0.1) is 0 Å². The van der Waals surface area contributed by atoms with Gasteiger partial charge in [-0.2, -0.15) is 0 Å². The van der Waals surface area contributed by atoms with Gasteiger partial charge < -0.3 is 13.6 Å². The summed E-state index contributed by atoms with van der Waals surface area (Å²) >= 11 is 0. The van der Waals surface area contributed by atoms with Gasteiger partial charge in [0.2, 0.25) is 0 Å². The lowest BCUT2D eigenvalue weighted by atomic mass is 9.78. The molecule has 0 N–H and O–H groups in total. The third kappa shape index (κ3) is 4.08. The summed E-state index contributed by atoms with van der Waals surface area (Å²) in [4.78, 5) is 0. The van der Waals surface area contributed by atoms with Crippen molar-refractivity contribution >= 4 is 60.2 Å². The highest BCUT2D eigenvalue weighted by Crippen LogP contribution is 2.50. The third-order valence-corrected chi connectivity index (χ3v) is 11.4. The van der Waals surface area contributed by atoms with Crippen LogP contribution in [0.15, 0.2) is 180 Å². The maximum atomic E-state index is 6.76. The molecule has 1 atom stereocenters. The second-order valence-corrected chi connectivity index (χ2v) is 14.3. The number of nitrogens with zero attached hydrogens (tertiary/aromatic N) is 2. The highest BCUT2D eigenvalue weighted by atomic mass is 16.3. The van der Waals surface area contributed by atoms with Gasteiger partial charge in [0, 0.05) is 54.8 Å². The molecule has 3 aromatic heterocycles. The summed E-state index contributed by atoms with van der Waals surface area (Å²) in [6.07, 6.45) is 3.22. The molecule has 1 aliphatic carbocycles. The zero-order valence-corrected chi connectivity index (χ0v) is 28.8. The average Bonchev–Trinajstić information content (AvgIpc) is 3.87. The SMILES string of the molecule is CC1(n2c3ccccc3c3cc(-c4ccc5c(c4)c4ccccc4n5-c4ccccc4)ccc32)CC=C(c2ccccc2)c2oc3ccccc3c21. The minimum atomic E-state index is -0.388. The van der Waals surface area contributed by atoms with E-state index in [9.17, 15) is 0 Å². The maximum Gasteiger partial charge on any atom is 0.141 e. The first-order valence-corrected chi connectivity index (χ1v) is 18.1. The Labute approximate surface area is 301 Å².